The maximum atomic E-state index is 11.0. The molecule has 3 N–H and O–H groups in total. The van der Waals surface area contributed by atoms with E-state index in [2.05, 4.69) is 4.74 Å². The molecule has 0 fully saturated rings. The SMILES string of the molecule is COC(=O)C[C@H](N)c1cc(Cl)cc(Cl)c1O. The van der Waals surface area contributed by atoms with Crippen molar-refractivity contribution in [2.75, 3.05) is 7.11 Å². The first-order chi connectivity index (χ1) is 7.45. The molecular formula is C10H11Cl2NO3. The Morgan fingerprint density at radius 1 is 1.56 bits per heavy atom. The summed E-state index contributed by atoms with van der Waals surface area (Å²) in [6.45, 7) is 0. The lowest BCUT2D eigenvalue weighted by Gasteiger charge is -2.13. The number of carbonyl (C=O) groups excluding carboxylic acids is 1. The Bertz CT molecular complexity index is 409. The summed E-state index contributed by atoms with van der Waals surface area (Å²) in [6, 6.07) is 2.16. The van der Waals surface area contributed by atoms with Crippen molar-refractivity contribution in [3.05, 3.63) is 27.7 Å². The summed E-state index contributed by atoms with van der Waals surface area (Å²) in [7, 11) is 1.26. The average molecular weight is 264 g/mol. The van der Waals surface area contributed by atoms with E-state index in [1.165, 1.54) is 19.2 Å². The van der Waals surface area contributed by atoms with Crippen LogP contribution in [0.1, 0.15) is 18.0 Å². The second-order valence-electron chi connectivity index (χ2n) is 3.21. The van der Waals surface area contributed by atoms with Crippen molar-refractivity contribution >= 4 is 29.2 Å². The number of phenols is 1. The minimum atomic E-state index is -0.705. The standard InChI is InChI=1S/C10H11Cl2NO3/c1-16-9(14)4-8(13)6-2-5(11)3-7(12)10(6)15/h2-3,8,15H,4,13H2,1H3/t8-/m0/s1. The average Bonchev–Trinajstić information content (AvgIpc) is 2.22. The molecule has 4 nitrogen and oxygen atoms in total. The predicted octanol–water partition coefficient (Wildman–Crippen LogP) is 2.26. The van der Waals surface area contributed by atoms with E-state index in [0.29, 0.717) is 10.6 Å². The number of nitrogens with two attached hydrogens (primary N) is 1. The first-order valence-electron chi connectivity index (χ1n) is 4.46. The van der Waals surface area contributed by atoms with Gasteiger partial charge in [-0.2, -0.15) is 0 Å². The summed E-state index contributed by atoms with van der Waals surface area (Å²) in [4.78, 5) is 11.0. The highest BCUT2D eigenvalue weighted by Crippen LogP contribution is 2.35. The van der Waals surface area contributed by atoms with E-state index < -0.39 is 12.0 Å². The van der Waals surface area contributed by atoms with Crippen LogP contribution in [-0.2, 0) is 9.53 Å². The molecule has 0 aromatic heterocycles. The van der Waals surface area contributed by atoms with E-state index in [9.17, 15) is 9.90 Å². The van der Waals surface area contributed by atoms with Crippen molar-refractivity contribution in [3.63, 3.8) is 0 Å². The molecule has 0 aliphatic rings. The molecule has 0 aliphatic carbocycles. The fourth-order valence-corrected chi connectivity index (χ4v) is 1.75. The lowest BCUT2D eigenvalue weighted by atomic mass is 10.0. The number of benzene rings is 1. The molecule has 0 saturated heterocycles. The van der Waals surface area contributed by atoms with Gasteiger partial charge in [0.1, 0.15) is 5.75 Å². The molecule has 16 heavy (non-hydrogen) atoms. The van der Waals surface area contributed by atoms with Crippen LogP contribution in [0.5, 0.6) is 5.75 Å². The van der Waals surface area contributed by atoms with E-state index >= 15 is 0 Å². The van der Waals surface area contributed by atoms with E-state index in [1.54, 1.807) is 0 Å². The maximum absolute atomic E-state index is 11.0. The summed E-state index contributed by atoms with van der Waals surface area (Å²) in [5, 5.41) is 10.1. The van der Waals surface area contributed by atoms with E-state index in [-0.39, 0.29) is 17.2 Å². The zero-order chi connectivity index (χ0) is 12.3. The molecular weight excluding hydrogens is 253 g/mol. The van der Waals surface area contributed by atoms with Gasteiger partial charge in [-0.15, -0.1) is 0 Å². The lowest BCUT2D eigenvalue weighted by molar-refractivity contribution is -0.141. The largest absolute Gasteiger partial charge is 0.506 e. The van der Waals surface area contributed by atoms with Crippen molar-refractivity contribution in [2.24, 2.45) is 5.73 Å². The quantitative estimate of drug-likeness (QED) is 0.821. The molecule has 1 atom stereocenters. The van der Waals surface area contributed by atoms with Gasteiger partial charge in [0.05, 0.1) is 18.6 Å². The summed E-state index contributed by atoms with van der Waals surface area (Å²) < 4.78 is 4.48. The third kappa shape index (κ3) is 3.01. The lowest BCUT2D eigenvalue weighted by Crippen LogP contribution is -2.16. The highest BCUT2D eigenvalue weighted by atomic mass is 35.5. The summed E-state index contributed by atoms with van der Waals surface area (Å²) in [5.74, 6) is -0.634. The molecule has 0 saturated carbocycles. The van der Waals surface area contributed by atoms with Gasteiger partial charge in [-0.05, 0) is 12.1 Å². The predicted molar refractivity (Wildman–Crippen MR) is 61.7 cm³/mol. The number of hydrogen-bond donors (Lipinski definition) is 2. The normalized spacial score (nSPS) is 12.2. The molecule has 0 bridgehead atoms. The number of methoxy groups -OCH3 is 1. The van der Waals surface area contributed by atoms with Gasteiger partial charge in [-0.1, -0.05) is 23.2 Å². The minimum absolute atomic E-state index is 0.0548. The maximum Gasteiger partial charge on any atom is 0.307 e. The molecule has 0 radical (unpaired) electrons. The third-order valence-corrected chi connectivity index (χ3v) is 2.58. The fraction of sp³-hybridized carbons (Fsp3) is 0.300. The number of halogens is 2. The number of hydrogen-bond acceptors (Lipinski definition) is 4. The van der Waals surface area contributed by atoms with Crippen LogP contribution in [-0.4, -0.2) is 18.2 Å². The third-order valence-electron chi connectivity index (χ3n) is 2.07. The van der Waals surface area contributed by atoms with Crippen LogP contribution < -0.4 is 5.73 Å². The van der Waals surface area contributed by atoms with Crippen molar-refractivity contribution in [1.29, 1.82) is 0 Å². The zero-order valence-corrected chi connectivity index (χ0v) is 10.0. The van der Waals surface area contributed by atoms with Crippen molar-refractivity contribution in [1.82, 2.24) is 0 Å². The first kappa shape index (κ1) is 13.1. The molecule has 0 aliphatic heterocycles. The Hall–Kier alpha value is -0.970. The van der Waals surface area contributed by atoms with Gasteiger partial charge >= 0.3 is 5.97 Å². The van der Waals surface area contributed by atoms with E-state index in [4.69, 9.17) is 28.9 Å². The van der Waals surface area contributed by atoms with Crippen LogP contribution in [0, 0.1) is 0 Å². The van der Waals surface area contributed by atoms with Crippen molar-refractivity contribution < 1.29 is 14.6 Å². The van der Waals surface area contributed by atoms with Gasteiger partial charge in [-0.3, -0.25) is 4.79 Å². The number of carbonyl (C=O) groups is 1. The molecule has 0 heterocycles. The van der Waals surface area contributed by atoms with Gasteiger partial charge in [0.2, 0.25) is 0 Å². The van der Waals surface area contributed by atoms with Gasteiger partial charge in [0.15, 0.2) is 0 Å². The highest BCUT2D eigenvalue weighted by Gasteiger charge is 2.18. The molecule has 6 heteroatoms. The summed E-state index contributed by atoms with van der Waals surface area (Å²) >= 11 is 11.5. The van der Waals surface area contributed by atoms with Crippen LogP contribution >= 0.6 is 23.2 Å². The van der Waals surface area contributed by atoms with Gasteiger partial charge in [-0.25, -0.2) is 0 Å². The molecule has 1 aromatic rings. The Morgan fingerprint density at radius 3 is 2.75 bits per heavy atom. The Kier molecular flexibility index (Phi) is 4.41. The van der Waals surface area contributed by atoms with Gasteiger partial charge in [0.25, 0.3) is 0 Å². The van der Waals surface area contributed by atoms with Crippen LogP contribution in [0.25, 0.3) is 0 Å². The van der Waals surface area contributed by atoms with Crippen molar-refractivity contribution in [2.45, 2.75) is 12.5 Å². The van der Waals surface area contributed by atoms with Gasteiger partial charge in [0, 0.05) is 16.6 Å². The monoisotopic (exact) mass is 263 g/mol. The molecule has 0 spiro atoms. The fourth-order valence-electron chi connectivity index (χ4n) is 1.24. The van der Waals surface area contributed by atoms with Crippen LogP contribution in [0.4, 0.5) is 0 Å². The Balaban J connectivity index is 2.99. The minimum Gasteiger partial charge on any atom is -0.506 e. The molecule has 88 valence electrons. The second-order valence-corrected chi connectivity index (χ2v) is 4.06. The Morgan fingerprint density at radius 2 is 2.19 bits per heavy atom. The molecule has 0 unspecified atom stereocenters. The number of ether oxygens (including phenoxy) is 1. The number of phenolic OH excluding ortho intramolecular Hbond substituents is 1. The number of esters is 1. The zero-order valence-electron chi connectivity index (χ0n) is 8.54. The Labute approximate surface area is 103 Å². The van der Waals surface area contributed by atoms with Crippen LogP contribution in [0.15, 0.2) is 12.1 Å². The van der Waals surface area contributed by atoms with E-state index in [0.717, 1.165) is 0 Å². The summed E-state index contributed by atoms with van der Waals surface area (Å²) in [6.07, 6.45) is -0.0548. The second kappa shape index (κ2) is 5.39. The van der Waals surface area contributed by atoms with Crippen molar-refractivity contribution in [3.8, 4) is 5.75 Å². The highest BCUT2D eigenvalue weighted by molar-refractivity contribution is 6.35. The van der Waals surface area contributed by atoms with E-state index in [1.807, 2.05) is 0 Å². The molecule has 1 aromatic carbocycles. The van der Waals surface area contributed by atoms with Crippen LogP contribution in [0.3, 0.4) is 0 Å². The number of rotatable bonds is 3. The molecule has 1 rings (SSSR count). The first-order valence-corrected chi connectivity index (χ1v) is 5.21. The number of aromatic hydroxyl groups is 1. The van der Waals surface area contributed by atoms with Gasteiger partial charge < -0.3 is 15.6 Å². The summed E-state index contributed by atoms with van der Waals surface area (Å²) in [5.41, 5.74) is 6.05. The molecule has 0 amide bonds. The van der Waals surface area contributed by atoms with Crippen LogP contribution in [0.2, 0.25) is 10.0 Å². The smallest absolute Gasteiger partial charge is 0.307 e. The topological polar surface area (TPSA) is 72.5 Å².